The van der Waals surface area contributed by atoms with Crippen LogP contribution >= 0.6 is 11.6 Å². The lowest BCUT2D eigenvalue weighted by Crippen LogP contribution is -1.95. The Balaban J connectivity index is 3.06. The second kappa shape index (κ2) is 5.21. The van der Waals surface area contributed by atoms with Gasteiger partial charge in [-0.3, -0.25) is 0 Å². The minimum atomic E-state index is 0.881. The van der Waals surface area contributed by atoms with Crippen molar-refractivity contribution in [2.24, 2.45) is 0 Å². The first kappa shape index (κ1) is 11.3. The van der Waals surface area contributed by atoms with Crippen molar-refractivity contribution in [2.45, 2.75) is 26.7 Å². The Morgan fingerprint density at radius 1 is 1.50 bits per heavy atom. The number of benzene rings is 1. The largest absolute Gasteiger partial charge is 0.102 e. The van der Waals surface area contributed by atoms with Crippen molar-refractivity contribution in [3.05, 3.63) is 52.9 Å². The summed E-state index contributed by atoms with van der Waals surface area (Å²) in [5.74, 6) is 1.13. The first-order valence-corrected chi connectivity index (χ1v) is 5.32. The third kappa shape index (κ3) is 2.39. The second-order valence-corrected chi connectivity index (χ2v) is 3.79. The van der Waals surface area contributed by atoms with Crippen LogP contribution < -0.4 is 0 Å². The summed E-state index contributed by atoms with van der Waals surface area (Å²) in [4.78, 5) is 0. The summed E-state index contributed by atoms with van der Waals surface area (Å²) in [7, 11) is 0. The predicted molar refractivity (Wildman–Crippen MR) is 63.7 cm³/mol. The van der Waals surface area contributed by atoms with Gasteiger partial charge in [-0.2, -0.15) is 0 Å². The van der Waals surface area contributed by atoms with E-state index in [1.54, 1.807) is 0 Å². The van der Waals surface area contributed by atoms with E-state index in [1.807, 2.05) is 19.1 Å². The molecule has 0 aromatic heterocycles. The second-order valence-electron chi connectivity index (χ2n) is 3.42. The monoisotopic (exact) mass is 207 g/mol. The van der Waals surface area contributed by atoms with Crippen molar-refractivity contribution < 1.29 is 0 Å². The van der Waals surface area contributed by atoms with Crippen molar-refractivity contribution in [1.29, 1.82) is 0 Å². The summed E-state index contributed by atoms with van der Waals surface area (Å²) in [5, 5.41) is 0.881. The van der Waals surface area contributed by atoms with Gasteiger partial charge in [0.2, 0.25) is 0 Å². The molecule has 1 aromatic rings. The van der Waals surface area contributed by atoms with Crippen LogP contribution in [0.5, 0.6) is 0 Å². The molecule has 0 N–H and O–H groups in total. The molecule has 0 nitrogen and oxygen atoms in total. The van der Waals surface area contributed by atoms with Gasteiger partial charge >= 0.3 is 0 Å². The molecule has 0 aliphatic heterocycles. The summed E-state index contributed by atoms with van der Waals surface area (Å²) in [6.07, 6.45) is 4.00. The van der Waals surface area contributed by atoms with Gasteiger partial charge in [-0.1, -0.05) is 56.1 Å². The van der Waals surface area contributed by atoms with Gasteiger partial charge in [-0.25, -0.2) is 0 Å². The van der Waals surface area contributed by atoms with E-state index in [1.165, 1.54) is 5.56 Å². The van der Waals surface area contributed by atoms with Crippen LogP contribution in [-0.4, -0.2) is 0 Å². The van der Waals surface area contributed by atoms with Crippen LogP contribution in [0, 0.1) is 5.92 Å². The Labute approximate surface area is 91.6 Å². The summed E-state index contributed by atoms with van der Waals surface area (Å²) in [6.45, 7) is 7.95. The van der Waals surface area contributed by atoms with Gasteiger partial charge in [-0.05, 0) is 17.5 Å². The Hall–Kier alpha value is -0.750. The lowest BCUT2D eigenvalue weighted by molar-refractivity contribution is 0.920. The van der Waals surface area contributed by atoms with Crippen molar-refractivity contribution in [2.75, 3.05) is 0 Å². The molecule has 0 atom stereocenters. The molecule has 0 aliphatic carbocycles. The van der Waals surface area contributed by atoms with E-state index in [9.17, 15) is 0 Å². The average molecular weight is 208 g/mol. The molecule has 0 amide bonds. The van der Waals surface area contributed by atoms with Gasteiger partial charge in [0.1, 0.15) is 0 Å². The number of hydrogen-bond acceptors (Lipinski definition) is 0. The van der Waals surface area contributed by atoms with Gasteiger partial charge in [0.15, 0.2) is 0 Å². The number of aryl methyl sites for hydroxylation is 1. The first-order valence-electron chi connectivity index (χ1n) is 4.94. The Bertz CT molecular complexity index is 315. The quantitative estimate of drug-likeness (QED) is 0.686. The van der Waals surface area contributed by atoms with Crippen molar-refractivity contribution >= 4 is 11.6 Å². The summed E-state index contributed by atoms with van der Waals surface area (Å²) in [6, 6.07) is 6.18. The van der Waals surface area contributed by atoms with Gasteiger partial charge in [0, 0.05) is 10.9 Å². The fourth-order valence-electron chi connectivity index (χ4n) is 1.46. The topological polar surface area (TPSA) is 0 Å². The Morgan fingerprint density at radius 2 is 2.21 bits per heavy atom. The third-order valence-electron chi connectivity index (χ3n) is 2.33. The highest BCUT2D eigenvalue weighted by Gasteiger charge is 2.09. The van der Waals surface area contributed by atoms with Crippen LogP contribution in [0.4, 0.5) is 0 Å². The molecular formula is C13H16Cl. The van der Waals surface area contributed by atoms with E-state index in [0.29, 0.717) is 0 Å². The number of halogens is 1. The number of rotatable bonds is 4. The highest BCUT2D eigenvalue weighted by Crippen LogP contribution is 2.28. The smallest absolute Gasteiger partial charge is 0.0479 e. The van der Waals surface area contributed by atoms with Crippen LogP contribution in [-0.2, 0) is 6.42 Å². The number of allylic oxidation sites excluding steroid dienone is 1. The van der Waals surface area contributed by atoms with Gasteiger partial charge in [0.05, 0.1) is 0 Å². The van der Waals surface area contributed by atoms with E-state index in [0.717, 1.165) is 29.3 Å². The van der Waals surface area contributed by atoms with Crippen LogP contribution in [0.3, 0.4) is 0 Å². The molecule has 0 heterocycles. The molecule has 1 aromatic carbocycles. The summed E-state index contributed by atoms with van der Waals surface area (Å²) in [5.41, 5.74) is 2.33. The maximum atomic E-state index is 6.29. The lowest BCUT2D eigenvalue weighted by Gasteiger charge is -2.11. The van der Waals surface area contributed by atoms with Crippen molar-refractivity contribution in [3.8, 4) is 0 Å². The highest BCUT2D eigenvalue weighted by molar-refractivity contribution is 6.32. The zero-order valence-corrected chi connectivity index (χ0v) is 9.56. The molecular weight excluding hydrogens is 192 g/mol. The fourth-order valence-corrected chi connectivity index (χ4v) is 1.83. The zero-order valence-electron chi connectivity index (χ0n) is 8.81. The SMILES string of the molecule is C=C[C](C)c1cccc(CCC)c1Cl. The standard InChI is InChI=1S/C13H16Cl/c1-4-7-11-8-6-9-12(13(11)14)10(3)5-2/h5-6,8-9H,2,4,7H2,1,3H3. The van der Waals surface area contributed by atoms with Crippen molar-refractivity contribution in [1.82, 2.24) is 0 Å². The van der Waals surface area contributed by atoms with Crippen LogP contribution in [0.25, 0.3) is 0 Å². The normalized spacial score (nSPS) is 10.6. The molecule has 75 valence electrons. The molecule has 14 heavy (non-hydrogen) atoms. The van der Waals surface area contributed by atoms with Crippen LogP contribution in [0.1, 0.15) is 31.4 Å². The zero-order chi connectivity index (χ0) is 10.6. The fraction of sp³-hybridized carbons (Fsp3) is 0.308. The Kier molecular flexibility index (Phi) is 4.21. The van der Waals surface area contributed by atoms with E-state index in [2.05, 4.69) is 25.6 Å². The van der Waals surface area contributed by atoms with Gasteiger partial charge in [0.25, 0.3) is 0 Å². The maximum Gasteiger partial charge on any atom is 0.0479 e. The summed E-state index contributed by atoms with van der Waals surface area (Å²) < 4.78 is 0. The minimum absolute atomic E-state index is 0.881. The van der Waals surface area contributed by atoms with Crippen LogP contribution in [0.2, 0.25) is 5.02 Å². The average Bonchev–Trinajstić information content (AvgIpc) is 2.20. The third-order valence-corrected chi connectivity index (χ3v) is 2.78. The molecule has 0 saturated heterocycles. The molecule has 0 fully saturated rings. The lowest BCUT2D eigenvalue weighted by atomic mass is 9.97. The van der Waals surface area contributed by atoms with Gasteiger partial charge in [-0.15, -0.1) is 6.58 Å². The van der Waals surface area contributed by atoms with Crippen molar-refractivity contribution in [3.63, 3.8) is 0 Å². The van der Waals surface area contributed by atoms with Gasteiger partial charge < -0.3 is 0 Å². The summed E-state index contributed by atoms with van der Waals surface area (Å²) >= 11 is 6.29. The molecule has 0 bridgehead atoms. The minimum Gasteiger partial charge on any atom is -0.102 e. The van der Waals surface area contributed by atoms with E-state index < -0.39 is 0 Å². The number of hydrogen-bond donors (Lipinski definition) is 0. The molecule has 0 spiro atoms. The van der Waals surface area contributed by atoms with E-state index >= 15 is 0 Å². The van der Waals surface area contributed by atoms with E-state index in [-0.39, 0.29) is 0 Å². The maximum absolute atomic E-state index is 6.29. The first-order chi connectivity index (χ1) is 6.70. The molecule has 0 saturated carbocycles. The highest BCUT2D eigenvalue weighted by atomic mass is 35.5. The Morgan fingerprint density at radius 3 is 2.79 bits per heavy atom. The molecule has 0 unspecified atom stereocenters. The van der Waals surface area contributed by atoms with E-state index in [4.69, 9.17) is 11.6 Å². The predicted octanol–water partition coefficient (Wildman–Crippen LogP) is 4.42. The molecule has 1 heteroatoms. The van der Waals surface area contributed by atoms with Crippen LogP contribution in [0.15, 0.2) is 30.9 Å². The molecule has 1 rings (SSSR count). The molecule has 1 radical (unpaired) electrons. The molecule has 0 aliphatic rings.